The van der Waals surface area contributed by atoms with Crippen molar-refractivity contribution in [1.82, 2.24) is 9.55 Å². The van der Waals surface area contributed by atoms with Crippen LogP contribution in [0.2, 0.25) is 0 Å². The van der Waals surface area contributed by atoms with Gasteiger partial charge in [-0.1, -0.05) is 0 Å². The van der Waals surface area contributed by atoms with Crippen LogP contribution in [-0.2, 0) is 10.5 Å². The summed E-state index contributed by atoms with van der Waals surface area (Å²) < 4.78 is 8.31. The molecule has 0 spiro atoms. The second-order valence-corrected chi connectivity index (χ2v) is 4.26. The highest BCUT2D eigenvalue weighted by atomic mass is 79.9. The molecular formula is C10H12BrN3O. The lowest BCUT2D eigenvalue weighted by Crippen LogP contribution is -2.37. The SMILES string of the molecule is COC1(n2cnc(C)c2)C=CC(Br)=NC1. The third kappa shape index (κ3) is 1.89. The van der Waals surface area contributed by atoms with Crippen LogP contribution in [-0.4, -0.2) is 27.8 Å². The molecule has 0 saturated heterocycles. The molecule has 80 valence electrons. The van der Waals surface area contributed by atoms with Crippen molar-refractivity contribution in [3.63, 3.8) is 0 Å². The van der Waals surface area contributed by atoms with E-state index in [2.05, 4.69) is 25.9 Å². The molecule has 0 bridgehead atoms. The molecule has 1 atom stereocenters. The lowest BCUT2D eigenvalue weighted by molar-refractivity contribution is -0.0265. The van der Waals surface area contributed by atoms with Crippen molar-refractivity contribution in [3.05, 3.63) is 30.4 Å². The molecule has 1 aromatic heterocycles. The largest absolute Gasteiger partial charge is 0.353 e. The Morgan fingerprint density at radius 1 is 1.60 bits per heavy atom. The highest BCUT2D eigenvalue weighted by Crippen LogP contribution is 2.24. The van der Waals surface area contributed by atoms with Crippen LogP contribution >= 0.6 is 15.9 Å². The maximum Gasteiger partial charge on any atom is 0.184 e. The van der Waals surface area contributed by atoms with Gasteiger partial charge >= 0.3 is 0 Å². The second kappa shape index (κ2) is 3.90. The molecule has 5 heteroatoms. The van der Waals surface area contributed by atoms with Crippen LogP contribution in [0.3, 0.4) is 0 Å². The summed E-state index contributed by atoms with van der Waals surface area (Å²) in [4.78, 5) is 8.51. The number of rotatable bonds is 2. The van der Waals surface area contributed by atoms with Crippen LogP contribution in [0.1, 0.15) is 5.69 Å². The maximum absolute atomic E-state index is 5.53. The molecule has 0 fully saturated rings. The molecule has 15 heavy (non-hydrogen) atoms. The fraction of sp³-hybridized carbons (Fsp3) is 0.400. The van der Waals surface area contributed by atoms with Gasteiger partial charge in [-0.15, -0.1) is 0 Å². The quantitative estimate of drug-likeness (QED) is 0.822. The van der Waals surface area contributed by atoms with Gasteiger partial charge in [0, 0.05) is 13.3 Å². The zero-order valence-electron chi connectivity index (χ0n) is 8.64. The summed E-state index contributed by atoms with van der Waals surface area (Å²) in [6.45, 7) is 2.50. The van der Waals surface area contributed by atoms with Crippen molar-refractivity contribution < 1.29 is 4.74 Å². The highest BCUT2D eigenvalue weighted by Gasteiger charge is 2.30. The number of aliphatic imine (C=N–C) groups is 1. The first-order chi connectivity index (χ1) is 7.16. The molecule has 0 aliphatic carbocycles. The average molecular weight is 270 g/mol. The van der Waals surface area contributed by atoms with E-state index in [9.17, 15) is 0 Å². The Kier molecular flexibility index (Phi) is 2.75. The van der Waals surface area contributed by atoms with Crippen LogP contribution in [0.15, 0.2) is 29.7 Å². The fourth-order valence-corrected chi connectivity index (χ4v) is 1.78. The molecule has 2 rings (SSSR count). The van der Waals surface area contributed by atoms with Crippen LogP contribution in [0.5, 0.6) is 0 Å². The van der Waals surface area contributed by atoms with Gasteiger partial charge in [0.25, 0.3) is 0 Å². The van der Waals surface area contributed by atoms with E-state index in [0.29, 0.717) is 6.54 Å². The van der Waals surface area contributed by atoms with Gasteiger partial charge in [0.2, 0.25) is 0 Å². The highest BCUT2D eigenvalue weighted by molar-refractivity contribution is 9.18. The summed E-state index contributed by atoms with van der Waals surface area (Å²) in [6.07, 6.45) is 7.58. The minimum Gasteiger partial charge on any atom is -0.353 e. The fourth-order valence-electron chi connectivity index (χ4n) is 1.53. The van der Waals surface area contributed by atoms with Gasteiger partial charge in [-0.05, 0) is 35.0 Å². The van der Waals surface area contributed by atoms with Gasteiger partial charge in [-0.2, -0.15) is 0 Å². The van der Waals surface area contributed by atoms with Gasteiger partial charge in [-0.25, -0.2) is 4.98 Å². The summed E-state index contributed by atoms with van der Waals surface area (Å²) in [7, 11) is 1.68. The number of imidazole rings is 1. The molecule has 0 aromatic carbocycles. The van der Waals surface area contributed by atoms with Crippen molar-refractivity contribution in [3.8, 4) is 0 Å². The Hall–Kier alpha value is -0.940. The Labute approximate surface area is 96.8 Å². The molecular weight excluding hydrogens is 258 g/mol. The Morgan fingerprint density at radius 2 is 2.40 bits per heavy atom. The minimum absolute atomic E-state index is 0.529. The van der Waals surface area contributed by atoms with Crippen LogP contribution in [0, 0.1) is 6.92 Å². The first-order valence-electron chi connectivity index (χ1n) is 4.62. The van der Waals surface area contributed by atoms with Gasteiger partial charge in [0.15, 0.2) is 5.72 Å². The summed E-state index contributed by atoms with van der Waals surface area (Å²) in [5.41, 5.74) is 0.437. The molecule has 0 saturated carbocycles. The Balaban J connectivity index is 2.36. The predicted molar refractivity (Wildman–Crippen MR) is 62.3 cm³/mol. The van der Waals surface area contributed by atoms with Crippen LogP contribution in [0.4, 0.5) is 0 Å². The van der Waals surface area contributed by atoms with Gasteiger partial charge in [-0.3, -0.25) is 4.99 Å². The van der Waals surface area contributed by atoms with E-state index in [4.69, 9.17) is 4.74 Å². The topological polar surface area (TPSA) is 39.4 Å². The first-order valence-corrected chi connectivity index (χ1v) is 5.41. The first kappa shape index (κ1) is 10.6. The van der Waals surface area contributed by atoms with Crippen molar-refractivity contribution >= 4 is 20.6 Å². The normalized spacial score (nSPS) is 25.4. The number of hydrogen-bond donors (Lipinski definition) is 0. The predicted octanol–water partition coefficient (Wildman–Crippen LogP) is 1.85. The van der Waals surface area contributed by atoms with E-state index in [1.807, 2.05) is 29.8 Å². The van der Waals surface area contributed by atoms with E-state index in [1.54, 1.807) is 13.4 Å². The number of nitrogens with zero attached hydrogens (tertiary/aromatic N) is 3. The van der Waals surface area contributed by atoms with Crippen molar-refractivity contribution in [1.29, 1.82) is 0 Å². The molecule has 0 amide bonds. The van der Waals surface area contributed by atoms with Crippen LogP contribution in [0.25, 0.3) is 0 Å². The Bertz CT molecular complexity index is 424. The van der Waals surface area contributed by atoms with Crippen molar-refractivity contribution in [2.45, 2.75) is 12.6 Å². The monoisotopic (exact) mass is 269 g/mol. The lowest BCUT2D eigenvalue weighted by Gasteiger charge is -2.30. The number of halogens is 1. The molecule has 4 nitrogen and oxygen atoms in total. The number of hydrogen-bond acceptors (Lipinski definition) is 3. The summed E-state index contributed by atoms with van der Waals surface area (Å²) >= 11 is 3.33. The number of methoxy groups -OCH3 is 1. The minimum atomic E-state index is -0.529. The van der Waals surface area contributed by atoms with Crippen LogP contribution < -0.4 is 0 Å². The molecule has 0 radical (unpaired) electrons. The molecule has 1 aromatic rings. The molecule has 1 aliphatic heterocycles. The zero-order valence-corrected chi connectivity index (χ0v) is 10.2. The van der Waals surface area contributed by atoms with E-state index < -0.39 is 5.72 Å². The van der Waals surface area contributed by atoms with Gasteiger partial charge < -0.3 is 9.30 Å². The third-order valence-electron chi connectivity index (χ3n) is 2.44. The number of dihydropyridines is 1. The van der Waals surface area contributed by atoms with E-state index in [0.717, 1.165) is 10.3 Å². The lowest BCUT2D eigenvalue weighted by atomic mass is 10.1. The standard InChI is InChI=1S/C10H12BrN3O/c1-8-5-14(7-13-8)10(15-2)4-3-9(11)12-6-10/h3-5,7H,6H2,1-2H3. The molecule has 2 heterocycles. The summed E-state index contributed by atoms with van der Waals surface area (Å²) in [6, 6.07) is 0. The summed E-state index contributed by atoms with van der Waals surface area (Å²) in [5, 5.41) is 0. The molecule has 1 aliphatic rings. The number of aromatic nitrogens is 2. The van der Waals surface area contributed by atoms with Crippen molar-refractivity contribution in [2.75, 3.05) is 13.7 Å². The van der Waals surface area contributed by atoms with E-state index in [-0.39, 0.29) is 0 Å². The zero-order chi connectivity index (χ0) is 10.9. The number of aryl methyl sites for hydroxylation is 1. The van der Waals surface area contributed by atoms with E-state index in [1.165, 1.54) is 0 Å². The smallest absolute Gasteiger partial charge is 0.184 e. The maximum atomic E-state index is 5.53. The van der Waals surface area contributed by atoms with Gasteiger partial charge in [0.1, 0.15) is 4.62 Å². The average Bonchev–Trinajstić information content (AvgIpc) is 2.67. The van der Waals surface area contributed by atoms with E-state index >= 15 is 0 Å². The third-order valence-corrected chi connectivity index (χ3v) is 2.96. The van der Waals surface area contributed by atoms with Gasteiger partial charge in [0.05, 0.1) is 18.6 Å². The summed E-state index contributed by atoms with van der Waals surface area (Å²) in [5.74, 6) is 0. The second-order valence-electron chi connectivity index (χ2n) is 3.44. The number of ether oxygens (including phenoxy) is 1. The van der Waals surface area contributed by atoms with Crippen molar-refractivity contribution in [2.24, 2.45) is 4.99 Å². The number of allylic oxidation sites excluding steroid dienone is 1. The molecule has 0 N–H and O–H groups in total. The Morgan fingerprint density at radius 3 is 2.87 bits per heavy atom. The molecule has 1 unspecified atom stereocenters.